The molecule has 1 heterocycles. The third kappa shape index (κ3) is 3.53. The van der Waals surface area contributed by atoms with Crippen LogP contribution in [-0.2, 0) is 4.74 Å². The van der Waals surface area contributed by atoms with Gasteiger partial charge in [-0.1, -0.05) is 23.2 Å². The highest BCUT2D eigenvalue weighted by atomic mass is 35.5. The quantitative estimate of drug-likeness (QED) is 0.826. The molecule has 0 bridgehead atoms. The van der Waals surface area contributed by atoms with Crippen molar-refractivity contribution < 1.29 is 9.53 Å². The summed E-state index contributed by atoms with van der Waals surface area (Å²) in [5.74, 6) is -0.252. The monoisotopic (exact) mass is 302 g/mol. The molecule has 1 aliphatic heterocycles. The van der Waals surface area contributed by atoms with Crippen molar-refractivity contribution in [1.82, 2.24) is 5.32 Å². The Labute approximate surface area is 122 Å². The summed E-state index contributed by atoms with van der Waals surface area (Å²) in [5.41, 5.74) is 6.41. The van der Waals surface area contributed by atoms with Gasteiger partial charge in [-0.25, -0.2) is 0 Å². The smallest absolute Gasteiger partial charge is 0.253 e. The van der Waals surface area contributed by atoms with E-state index in [1.807, 2.05) is 6.92 Å². The Bertz CT molecular complexity index is 494. The predicted molar refractivity (Wildman–Crippen MR) is 76.8 cm³/mol. The fourth-order valence-electron chi connectivity index (χ4n) is 2.17. The maximum Gasteiger partial charge on any atom is 0.253 e. The van der Waals surface area contributed by atoms with Gasteiger partial charge in [0.25, 0.3) is 5.91 Å². The normalized spacial score (nSPS) is 23.1. The second-order valence-corrected chi connectivity index (χ2v) is 5.53. The number of nitrogens with two attached hydrogens (primary N) is 1. The standard InChI is InChI=1S/C13H16Cl2N2O2/c1-7-4-9(2-3-19-7)17-13(18)10-5-8(16)6-11(14)12(10)15/h5-7,9H,2-4,16H2,1H3,(H,17,18). The number of hydrogen-bond acceptors (Lipinski definition) is 3. The van der Waals surface area contributed by atoms with E-state index in [1.54, 1.807) is 0 Å². The summed E-state index contributed by atoms with van der Waals surface area (Å²) in [6, 6.07) is 3.15. The first-order chi connectivity index (χ1) is 8.97. The van der Waals surface area contributed by atoms with Gasteiger partial charge in [0, 0.05) is 18.3 Å². The maximum atomic E-state index is 12.2. The van der Waals surface area contributed by atoms with Crippen LogP contribution in [0.25, 0.3) is 0 Å². The fourth-order valence-corrected chi connectivity index (χ4v) is 2.59. The minimum absolute atomic E-state index is 0.0903. The Morgan fingerprint density at radius 3 is 2.89 bits per heavy atom. The molecule has 19 heavy (non-hydrogen) atoms. The number of nitrogens with one attached hydrogen (secondary N) is 1. The summed E-state index contributed by atoms with van der Waals surface area (Å²) in [6.07, 6.45) is 1.74. The number of halogens is 2. The third-order valence-corrected chi connectivity index (χ3v) is 3.92. The third-order valence-electron chi connectivity index (χ3n) is 3.12. The van der Waals surface area contributed by atoms with E-state index >= 15 is 0 Å². The average Bonchev–Trinajstić information content (AvgIpc) is 2.33. The summed E-state index contributed by atoms with van der Waals surface area (Å²) >= 11 is 12.0. The Balaban J connectivity index is 2.11. The van der Waals surface area contributed by atoms with Crippen molar-refractivity contribution in [2.75, 3.05) is 12.3 Å². The second kappa shape index (κ2) is 5.99. The molecule has 2 unspecified atom stereocenters. The number of carbonyl (C=O) groups excluding carboxylic acids is 1. The lowest BCUT2D eigenvalue weighted by Gasteiger charge is -2.28. The van der Waals surface area contributed by atoms with Crippen LogP contribution in [0.15, 0.2) is 12.1 Å². The molecular weight excluding hydrogens is 287 g/mol. The number of rotatable bonds is 2. The summed E-state index contributed by atoms with van der Waals surface area (Å²) in [7, 11) is 0. The highest BCUT2D eigenvalue weighted by Crippen LogP contribution is 2.29. The van der Waals surface area contributed by atoms with E-state index in [-0.39, 0.29) is 28.1 Å². The number of amides is 1. The molecule has 1 aromatic carbocycles. The van der Waals surface area contributed by atoms with E-state index < -0.39 is 0 Å². The Morgan fingerprint density at radius 2 is 2.21 bits per heavy atom. The van der Waals surface area contributed by atoms with Crippen LogP contribution >= 0.6 is 23.2 Å². The molecule has 2 atom stereocenters. The van der Waals surface area contributed by atoms with Crippen LogP contribution in [0.2, 0.25) is 10.0 Å². The van der Waals surface area contributed by atoms with Crippen LogP contribution in [0.3, 0.4) is 0 Å². The molecule has 0 radical (unpaired) electrons. The van der Waals surface area contributed by atoms with Crippen LogP contribution in [0.4, 0.5) is 5.69 Å². The van der Waals surface area contributed by atoms with Gasteiger partial charge < -0.3 is 15.8 Å². The van der Waals surface area contributed by atoms with Crippen molar-refractivity contribution in [2.45, 2.75) is 31.9 Å². The SMILES string of the molecule is CC1CC(NC(=O)c2cc(N)cc(Cl)c2Cl)CCO1. The molecule has 104 valence electrons. The maximum absolute atomic E-state index is 12.2. The van der Waals surface area contributed by atoms with E-state index in [9.17, 15) is 4.79 Å². The van der Waals surface area contributed by atoms with Crippen molar-refractivity contribution in [3.63, 3.8) is 0 Å². The van der Waals surface area contributed by atoms with E-state index in [2.05, 4.69) is 5.32 Å². The topological polar surface area (TPSA) is 64.4 Å². The molecule has 4 nitrogen and oxygen atoms in total. The molecule has 1 aromatic rings. The van der Waals surface area contributed by atoms with Crippen LogP contribution in [0, 0.1) is 0 Å². The van der Waals surface area contributed by atoms with Crippen molar-refractivity contribution >= 4 is 34.8 Å². The zero-order valence-corrected chi connectivity index (χ0v) is 12.1. The zero-order valence-electron chi connectivity index (χ0n) is 10.6. The van der Waals surface area contributed by atoms with Gasteiger partial charge in [-0.3, -0.25) is 4.79 Å². The van der Waals surface area contributed by atoms with Crippen molar-refractivity contribution in [1.29, 1.82) is 0 Å². The Kier molecular flexibility index (Phi) is 4.55. The Morgan fingerprint density at radius 1 is 1.47 bits per heavy atom. The molecule has 1 fully saturated rings. The highest BCUT2D eigenvalue weighted by molar-refractivity contribution is 6.44. The van der Waals surface area contributed by atoms with Gasteiger partial charge in [0.15, 0.2) is 0 Å². The van der Waals surface area contributed by atoms with Gasteiger partial charge in [0.05, 0.1) is 21.7 Å². The average molecular weight is 303 g/mol. The molecule has 1 aliphatic rings. The summed E-state index contributed by atoms with van der Waals surface area (Å²) in [4.78, 5) is 12.2. The van der Waals surface area contributed by atoms with Gasteiger partial charge in [-0.05, 0) is 31.9 Å². The summed E-state index contributed by atoms with van der Waals surface area (Å²) < 4.78 is 5.44. The Hall–Kier alpha value is -0.970. The van der Waals surface area contributed by atoms with E-state index in [0.717, 1.165) is 12.8 Å². The van der Waals surface area contributed by atoms with Gasteiger partial charge in [-0.2, -0.15) is 0 Å². The number of carbonyl (C=O) groups is 1. The van der Waals surface area contributed by atoms with Gasteiger partial charge >= 0.3 is 0 Å². The van der Waals surface area contributed by atoms with E-state index in [1.165, 1.54) is 12.1 Å². The van der Waals surface area contributed by atoms with Crippen molar-refractivity contribution in [2.24, 2.45) is 0 Å². The predicted octanol–water partition coefficient (Wildman–Crippen LogP) is 2.87. The van der Waals surface area contributed by atoms with Gasteiger partial charge in [0.2, 0.25) is 0 Å². The molecule has 2 rings (SSSR count). The lowest BCUT2D eigenvalue weighted by Crippen LogP contribution is -2.41. The number of anilines is 1. The van der Waals surface area contributed by atoms with Gasteiger partial charge in [-0.15, -0.1) is 0 Å². The first-order valence-corrected chi connectivity index (χ1v) is 6.90. The van der Waals surface area contributed by atoms with Crippen molar-refractivity contribution in [3.8, 4) is 0 Å². The molecule has 0 aliphatic carbocycles. The molecular formula is C13H16Cl2N2O2. The number of benzene rings is 1. The second-order valence-electron chi connectivity index (χ2n) is 4.74. The molecule has 6 heteroatoms. The number of nitrogen functional groups attached to an aromatic ring is 1. The summed E-state index contributed by atoms with van der Waals surface area (Å²) in [6.45, 7) is 2.64. The molecule has 0 saturated carbocycles. The zero-order chi connectivity index (χ0) is 14.0. The minimum atomic E-state index is -0.252. The lowest BCUT2D eigenvalue weighted by atomic mass is 10.0. The lowest BCUT2D eigenvalue weighted by molar-refractivity contribution is 0.0136. The van der Waals surface area contributed by atoms with Crippen molar-refractivity contribution in [3.05, 3.63) is 27.7 Å². The fraction of sp³-hybridized carbons (Fsp3) is 0.462. The molecule has 0 spiro atoms. The first-order valence-electron chi connectivity index (χ1n) is 6.14. The van der Waals surface area contributed by atoms with Crippen LogP contribution in [-0.4, -0.2) is 24.7 Å². The first kappa shape index (κ1) is 14.4. The molecule has 1 amide bonds. The van der Waals surface area contributed by atoms with Crippen LogP contribution in [0.5, 0.6) is 0 Å². The number of hydrogen-bond donors (Lipinski definition) is 2. The van der Waals surface area contributed by atoms with E-state index in [0.29, 0.717) is 17.9 Å². The highest BCUT2D eigenvalue weighted by Gasteiger charge is 2.23. The number of ether oxygens (including phenoxy) is 1. The summed E-state index contributed by atoms with van der Waals surface area (Å²) in [5, 5.41) is 3.46. The molecule has 0 aromatic heterocycles. The minimum Gasteiger partial charge on any atom is -0.399 e. The molecule has 1 saturated heterocycles. The van der Waals surface area contributed by atoms with Crippen LogP contribution < -0.4 is 11.1 Å². The van der Waals surface area contributed by atoms with E-state index in [4.69, 9.17) is 33.7 Å². The van der Waals surface area contributed by atoms with Gasteiger partial charge in [0.1, 0.15) is 0 Å². The van der Waals surface area contributed by atoms with Crippen LogP contribution in [0.1, 0.15) is 30.1 Å². The molecule has 3 N–H and O–H groups in total. The largest absolute Gasteiger partial charge is 0.399 e.